The van der Waals surface area contributed by atoms with E-state index in [4.69, 9.17) is 4.74 Å². The summed E-state index contributed by atoms with van der Waals surface area (Å²) in [5, 5.41) is 0. The summed E-state index contributed by atoms with van der Waals surface area (Å²) in [4.78, 5) is 2.62. The van der Waals surface area contributed by atoms with Gasteiger partial charge in [0.2, 0.25) is 0 Å². The summed E-state index contributed by atoms with van der Waals surface area (Å²) < 4.78 is 5.29. The molecular weight excluding hydrogens is 234 g/mol. The minimum Gasteiger partial charge on any atom is -0.380 e. The Kier molecular flexibility index (Phi) is 4.00. The van der Waals surface area contributed by atoms with Gasteiger partial charge in [-0.2, -0.15) is 0 Å². The third-order valence-corrected chi connectivity index (χ3v) is 4.25. The normalized spacial score (nSPS) is 27.1. The van der Waals surface area contributed by atoms with Crippen LogP contribution in [0.1, 0.15) is 18.4 Å². The summed E-state index contributed by atoms with van der Waals surface area (Å²) in [6.07, 6.45) is 5.07. The lowest BCUT2D eigenvalue weighted by Crippen LogP contribution is -2.41. The molecule has 0 spiro atoms. The monoisotopic (exact) mass is 257 g/mol. The molecule has 1 aliphatic carbocycles. The van der Waals surface area contributed by atoms with Crippen molar-refractivity contribution in [1.29, 1.82) is 0 Å². The zero-order chi connectivity index (χ0) is 13.1. The van der Waals surface area contributed by atoms with Crippen molar-refractivity contribution < 1.29 is 4.74 Å². The van der Waals surface area contributed by atoms with Crippen LogP contribution in [0.25, 0.3) is 0 Å². The van der Waals surface area contributed by atoms with Crippen LogP contribution in [0.5, 0.6) is 0 Å². The van der Waals surface area contributed by atoms with Gasteiger partial charge in [-0.05, 0) is 35.8 Å². The van der Waals surface area contributed by atoms with Crippen molar-refractivity contribution in [2.75, 3.05) is 26.8 Å². The molecule has 3 rings (SSSR count). The van der Waals surface area contributed by atoms with Gasteiger partial charge in [0.1, 0.15) is 0 Å². The first kappa shape index (κ1) is 12.9. The molecule has 1 saturated heterocycles. The average molecular weight is 257 g/mol. The van der Waals surface area contributed by atoms with E-state index in [2.05, 4.69) is 41.3 Å². The fraction of sp³-hybridized carbons (Fsp3) is 0.529. The average Bonchev–Trinajstić information content (AvgIpc) is 2.39. The largest absolute Gasteiger partial charge is 0.380 e. The van der Waals surface area contributed by atoms with Gasteiger partial charge in [-0.1, -0.05) is 36.4 Å². The maximum atomic E-state index is 5.29. The van der Waals surface area contributed by atoms with Gasteiger partial charge >= 0.3 is 0 Å². The standard InChI is InChI=1S/C17H23NO/c1-19-13-17-8-15-7-16(9-17)12-18(11-15)10-14-5-3-2-4-6-14/h2-6,8,15-16H,7,9-13H2,1H3. The molecule has 2 nitrogen and oxygen atoms in total. The van der Waals surface area contributed by atoms with Crippen molar-refractivity contribution in [3.8, 4) is 0 Å². The predicted molar refractivity (Wildman–Crippen MR) is 77.9 cm³/mol. The number of hydrogen-bond donors (Lipinski definition) is 0. The Morgan fingerprint density at radius 3 is 2.79 bits per heavy atom. The van der Waals surface area contributed by atoms with E-state index in [1.807, 2.05) is 0 Å². The van der Waals surface area contributed by atoms with Crippen molar-refractivity contribution >= 4 is 0 Å². The number of fused-ring (bicyclic) bond motifs is 2. The molecule has 0 N–H and O–H groups in total. The third kappa shape index (κ3) is 3.26. The Morgan fingerprint density at radius 2 is 2.05 bits per heavy atom. The topological polar surface area (TPSA) is 12.5 Å². The van der Waals surface area contributed by atoms with Crippen LogP contribution in [0.4, 0.5) is 0 Å². The number of ether oxygens (including phenoxy) is 1. The van der Waals surface area contributed by atoms with Crippen LogP contribution in [0, 0.1) is 11.8 Å². The zero-order valence-corrected chi connectivity index (χ0v) is 11.7. The molecular formula is C17H23NO. The van der Waals surface area contributed by atoms with Crippen molar-refractivity contribution in [2.45, 2.75) is 19.4 Å². The van der Waals surface area contributed by atoms with Gasteiger partial charge in [0.25, 0.3) is 0 Å². The van der Waals surface area contributed by atoms with E-state index in [-0.39, 0.29) is 0 Å². The Morgan fingerprint density at radius 1 is 1.21 bits per heavy atom. The van der Waals surface area contributed by atoms with E-state index in [1.165, 1.54) is 37.1 Å². The summed E-state index contributed by atoms with van der Waals surface area (Å²) in [5.74, 6) is 1.57. The van der Waals surface area contributed by atoms with Gasteiger partial charge in [-0.15, -0.1) is 0 Å². The second kappa shape index (κ2) is 5.89. The van der Waals surface area contributed by atoms with Crippen LogP contribution in [-0.4, -0.2) is 31.7 Å². The molecule has 1 aromatic rings. The summed E-state index contributed by atoms with van der Waals surface area (Å²) in [6.45, 7) is 4.37. The molecule has 1 aliphatic heterocycles. The molecule has 1 fully saturated rings. The highest BCUT2D eigenvalue weighted by atomic mass is 16.5. The Balaban J connectivity index is 1.63. The number of hydrogen-bond acceptors (Lipinski definition) is 2. The minimum absolute atomic E-state index is 0.737. The highest BCUT2D eigenvalue weighted by Crippen LogP contribution is 2.34. The zero-order valence-electron chi connectivity index (χ0n) is 11.7. The molecule has 1 aromatic carbocycles. The molecule has 102 valence electrons. The molecule has 2 aliphatic rings. The molecule has 2 unspecified atom stereocenters. The lowest BCUT2D eigenvalue weighted by molar-refractivity contribution is 0.121. The Hall–Kier alpha value is -1.12. The van der Waals surface area contributed by atoms with E-state index in [0.29, 0.717) is 0 Å². The first-order valence-corrected chi connectivity index (χ1v) is 7.28. The lowest BCUT2D eigenvalue weighted by Gasteiger charge is -2.40. The minimum atomic E-state index is 0.737. The van der Waals surface area contributed by atoms with Gasteiger partial charge in [0.15, 0.2) is 0 Å². The van der Waals surface area contributed by atoms with Gasteiger partial charge in [-0.25, -0.2) is 0 Å². The number of rotatable bonds is 4. The lowest BCUT2D eigenvalue weighted by atomic mass is 9.79. The summed E-state index contributed by atoms with van der Waals surface area (Å²) >= 11 is 0. The number of piperidine rings is 1. The van der Waals surface area contributed by atoms with Crippen molar-refractivity contribution in [3.63, 3.8) is 0 Å². The van der Waals surface area contributed by atoms with Crippen LogP contribution >= 0.6 is 0 Å². The molecule has 0 amide bonds. The maximum Gasteiger partial charge on any atom is 0.0673 e. The number of benzene rings is 1. The second-order valence-corrected chi connectivity index (χ2v) is 6.00. The van der Waals surface area contributed by atoms with Crippen molar-refractivity contribution in [2.24, 2.45) is 11.8 Å². The van der Waals surface area contributed by atoms with Crippen LogP contribution in [0.3, 0.4) is 0 Å². The molecule has 2 heteroatoms. The number of likely N-dealkylation sites (tertiary alicyclic amines) is 1. The fourth-order valence-corrected chi connectivity index (χ4v) is 3.65. The molecule has 2 bridgehead atoms. The maximum absolute atomic E-state index is 5.29. The summed E-state index contributed by atoms with van der Waals surface area (Å²) in [5.41, 5.74) is 2.95. The van der Waals surface area contributed by atoms with Gasteiger partial charge in [-0.3, -0.25) is 4.90 Å². The predicted octanol–water partition coefficient (Wildman–Crippen LogP) is 3.10. The van der Waals surface area contributed by atoms with Crippen LogP contribution in [0.15, 0.2) is 42.0 Å². The van der Waals surface area contributed by atoms with E-state index in [1.54, 1.807) is 7.11 Å². The van der Waals surface area contributed by atoms with Crippen molar-refractivity contribution in [3.05, 3.63) is 47.5 Å². The molecule has 19 heavy (non-hydrogen) atoms. The van der Waals surface area contributed by atoms with Crippen molar-refractivity contribution in [1.82, 2.24) is 4.90 Å². The van der Waals surface area contributed by atoms with Crippen LogP contribution < -0.4 is 0 Å². The van der Waals surface area contributed by atoms with E-state index in [0.717, 1.165) is 25.0 Å². The van der Waals surface area contributed by atoms with Gasteiger partial charge in [0, 0.05) is 26.7 Å². The molecule has 0 saturated carbocycles. The molecule has 0 aromatic heterocycles. The molecule has 0 radical (unpaired) electrons. The number of nitrogens with zero attached hydrogens (tertiary/aromatic N) is 1. The van der Waals surface area contributed by atoms with Gasteiger partial charge in [0.05, 0.1) is 6.61 Å². The summed E-state index contributed by atoms with van der Waals surface area (Å²) in [7, 11) is 1.80. The molecule has 2 atom stereocenters. The first-order valence-electron chi connectivity index (χ1n) is 7.28. The summed E-state index contributed by atoms with van der Waals surface area (Å²) in [6, 6.07) is 10.8. The second-order valence-electron chi connectivity index (χ2n) is 6.00. The highest BCUT2D eigenvalue weighted by Gasteiger charge is 2.30. The van der Waals surface area contributed by atoms with E-state index >= 15 is 0 Å². The first-order chi connectivity index (χ1) is 9.33. The van der Waals surface area contributed by atoms with E-state index < -0.39 is 0 Å². The smallest absolute Gasteiger partial charge is 0.0673 e. The highest BCUT2D eigenvalue weighted by molar-refractivity contribution is 5.16. The fourth-order valence-electron chi connectivity index (χ4n) is 3.65. The number of methoxy groups -OCH3 is 1. The van der Waals surface area contributed by atoms with Crippen LogP contribution in [0.2, 0.25) is 0 Å². The SMILES string of the molecule is COCC1=CC2CC(C1)CN(Cc1ccccc1)C2. The Labute approximate surface area is 116 Å². The molecule has 1 heterocycles. The van der Waals surface area contributed by atoms with Crippen LogP contribution in [-0.2, 0) is 11.3 Å². The Bertz CT molecular complexity index is 440. The quantitative estimate of drug-likeness (QED) is 0.769. The van der Waals surface area contributed by atoms with E-state index in [9.17, 15) is 0 Å². The van der Waals surface area contributed by atoms with Gasteiger partial charge < -0.3 is 4.74 Å². The third-order valence-electron chi connectivity index (χ3n) is 4.25.